The second-order valence-electron chi connectivity index (χ2n) is 2.34. The van der Waals surface area contributed by atoms with Crippen LogP contribution in [0.1, 0.15) is 0 Å². The van der Waals surface area contributed by atoms with Crippen molar-refractivity contribution >= 4 is 47.9 Å². The zero-order valence-electron chi connectivity index (χ0n) is 7.01. The van der Waals surface area contributed by atoms with Gasteiger partial charge in [0.15, 0.2) is 0 Å². The molecule has 0 bridgehead atoms. The fourth-order valence-electron chi connectivity index (χ4n) is 0.793. The topological polar surface area (TPSA) is 43.4 Å². The normalized spacial score (nSPS) is 10.3. The van der Waals surface area contributed by atoms with E-state index in [1.54, 1.807) is 18.2 Å². The van der Waals surface area contributed by atoms with E-state index in [0.29, 0.717) is 0 Å². The second kappa shape index (κ2) is 6.58. The zero-order valence-corrected chi connectivity index (χ0v) is 7.83. The predicted molar refractivity (Wildman–Crippen MR) is 58.3 cm³/mol. The van der Waals surface area contributed by atoms with Crippen LogP contribution in [0.25, 0.3) is 0 Å². The molecule has 0 N–H and O–H groups in total. The predicted octanol–water partition coefficient (Wildman–Crippen LogP) is 0.662. The van der Waals surface area contributed by atoms with Crippen LogP contribution < -0.4 is 0 Å². The van der Waals surface area contributed by atoms with E-state index in [4.69, 9.17) is 0 Å². The number of rotatable bonds is 4. The molecule has 1 rings (SSSR count). The van der Waals surface area contributed by atoms with Crippen LogP contribution >= 0.6 is 0 Å². The fraction of sp³-hybridized carbons (Fsp3) is 0.111. The van der Waals surface area contributed by atoms with Crippen LogP contribution in [-0.4, -0.2) is 52.8 Å². The van der Waals surface area contributed by atoms with E-state index in [2.05, 4.69) is 10.8 Å². The third kappa shape index (κ3) is 4.11. The van der Waals surface area contributed by atoms with E-state index in [1.165, 1.54) is 18.2 Å². The molecule has 0 atom stereocenters. The van der Waals surface area contributed by atoms with Crippen LogP contribution in [0.5, 0.6) is 0 Å². The molecule has 1 aromatic carbocycles. The minimum absolute atomic E-state index is 0. The summed E-state index contributed by atoms with van der Waals surface area (Å²) in [4.78, 5) is 0.164. The maximum absolute atomic E-state index is 11.3. The molecule has 0 amide bonds. The molecule has 0 heterocycles. The first-order chi connectivity index (χ1) is 6.17. The molecule has 14 heavy (non-hydrogen) atoms. The molecule has 0 aliphatic carbocycles. The third-order valence-corrected chi connectivity index (χ3v) is 2.67. The molecule has 0 fully saturated rings. The quantitative estimate of drug-likeness (QED) is 0.441. The van der Waals surface area contributed by atoms with E-state index in [9.17, 15) is 8.42 Å². The van der Waals surface area contributed by atoms with Gasteiger partial charge in [0, 0.05) is 0 Å². The van der Waals surface area contributed by atoms with Crippen LogP contribution in [0, 0.1) is 0 Å². The second-order valence-corrected chi connectivity index (χ2v) is 3.96. The van der Waals surface area contributed by atoms with Crippen LogP contribution in [-0.2, 0) is 14.3 Å². The molecule has 0 saturated carbocycles. The Bertz CT molecular complexity index is 372. The van der Waals surface area contributed by atoms with E-state index < -0.39 is 10.1 Å². The number of hydrogen-bond acceptors (Lipinski definition) is 3. The summed E-state index contributed by atoms with van der Waals surface area (Å²) in [5, 5.41) is 0. The first-order valence-electron chi connectivity index (χ1n) is 3.72. The van der Waals surface area contributed by atoms with Crippen molar-refractivity contribution < 1.29 is 12.6 Å². The summed E-state index contributed by atoms with van der Waals surface area (Å²) in [5.41, 5.74) is 0. The van der Waals surface area contributed by atoms with Gasteiger partial charge in [0.25, 0.3) is 10.1 Å². The monoisotopic (exact) mass is 240 g/mol. The first kappa shape index (κ1) is 14.1. The van der Waals surface area contributed by atoms with Gasteiger partial charge >= 0.3 is 37.7 Å². The molecular formula is C9H12CaO3S. The summed E-state index contributed by atoms with van der Waals surface area (Å²) >= 11 is 0. The SMILES string of the molecule is C=CCOS(=O)(=O)c1ccccc1.[CaH2]. The molecule has 0 unspecified atom stereocenters. The van der Waals surface area contributed by atoms with Gasteiger partial charge in [-0.3, -0.25) is 4.18 Å². The molecule has 0 aromatic heterocycles. The van der Waals surface area contributed by atoms with E-state index in [1.807, 2.05) is 0 Å². The van der Waals surface area contributed by atoms with Gasteiger partial charge in [-0.05, 0) is 12.1 Å². The summed E-state index contributed by atoms with van der Waals surface area (Å²) < 4.78 is 27.3. The standard InChI is InChI=1S/C9H10O3S.Ca.2H/c1-2-8-12-13(10,11)9-6-4-3-5-7-9;;;/h2-7H,1,8H2;;;. The Hall–Kier alpha value is 0.130. The van der Waals surface area contributed by atoms with Gasteiger partial charge in [0.05, 0.1) is 11.5 Å². The average Bonchev–Trinajstić information content (AvgIpc) is 2.16. The molecule has 0 saturated heterocycles. The van der Waals surface area contributed by atoms with Crippen LogP contribution in [0.4, 0.5) is 0 Å². The first-order valence-corrected chi connectivity index (χ1v) is 5.13. The summed E-state index contributed by atoms with van der Waals surface area (Å²) in [6.45, 7) is 3.37. The van der Waals surface area contributed by atoms with E-state index >= 15 is 0 Å². The molecule has 5 heteroatoms. The van der Waals surface area contributed by atoms with E-state index in [-0.39, 0.29) is 49.2 Å². The Morgan fingerprint density at radius 3 is 2.36 bits per heavy atom. The van der Waals surface area contributed by atoms with Gasteiger partial charge in [0.2, 0.25) is 0 Å². The van der Waals surface area contributed by atoms with Gasteiger partial charge in [-0.25, -0.2) is 0 Å². The summed E-state index contributed by atoms with van der Waals surface area (Å²) in [6, 6.07) is 8.00. The van der Waals surface area contributed by atoms with Gasteiger partial charge in [0.1, 0.15) is 0 Å². The Labute approximate surface area is 114 Å². The Balaban J connectivity index is 0.00000169. The van der Waals surface area contributed by atoms with E-state index in [0.717, 1.165) is 0 Å². The Morgan fingerprint density at radius 1 is 1.29 bits per heavy atom. The van der Waals surface area contributed by atoms with Gasteiger partial charge in [-0.1, -0.05) is 24.3 Å². The van der Waals surface area contributed by atoms with Crippen molar-refractivity contribution in [1.29, 1.82) is 0 Å². The third-order valence-electron chi connectivity index (χ3n) is 1.37. The van der Waals surface area contributed by atoms with Crippen molar-refractivity contribution in [3.05, 3.63) is 43.0 Å². The van der Waals surface area contributed by atoms with Crippen LogP contribution in [0.15, 0.2) is 47.9 Å². The van der Waals surface area contributed by atoms with Crippen molar-refractivity contribution in [1.82, 2.24) is 0 Å². The van der Waals surface area contributed by atoms with Crippen molar-refractivity contribution in [2.24, 2.45) is 0 Å². The zero-order chi connectivity index (χ0) is 9.73. The molecule has 74 valence electrons. The van der Waals surface area contributed by atoms with Crippen molar-refractivity contribution in [3.8, 4) is 0 Å². The summed E-state index contributed by atoms with van der Waals surface area (Å²) in [6.07, 6.45) is 1.39. The average molecular weight is 240 g/mol. The Kier molecular flexibility index (Phi) is 6.64. The van der Waals surface area contributed by atoms with Crippen molar-refractivity contribution in [2.45, 2.75) is 4.90 Å². The van der Waals surface area contributed by atoms with Gasteiger partial charge in [-0.15, -0.1) is 6.58 Å². The van der Waals surface area contributed by atoms with Crippen LogP contribution in [0.2, 0.25) is 0 Å². The fourth-order valence-corrected chi connectivity index (χ4v) is 1.69. The minimum atomic E-state index is -3.59. The van der Waals surface area contributed by atoms with Gasteiger partial charge < -0.3 is 0 Å². The molecular weight excluding hydrogens is 228 g/mol. The number of hydrogen-bond donors (Lipinski definition) is 0. The summed E-state index contributed by atoms with van der Waals surface area (Å²) in [5.74, 6) is 0. The molecule has 1 aromatic rings. The van der Waals surface area contributed by atoms with Crippen molar-refractivity contribution in [2.75, 3.05) is 6.61 Å². The molecule has 3 nitrogen and oxygen atoms in total. The molecule has 0 aliphatic rings. The Morgan fingerprint density at radius 2 is 1.86 bits per heavy atom. The summed E-state index contributed by atoms with van der Waals surface area (Å²) in [7, 11) is -3.59. The molecule has 0 radical (unpaired) electrons. The molecule has 0 spiro atoms. The van der Waals surface area contributed by atoms with Crippen molar-refractivity contribution in [3.63, 3.8) is 0 Å². The molecule has 0 aliphatic heterocycles. The van der Waals surface area contributed by atoms with Crippen LogP contribution in [0.3, 0.4) is 0 Å². The van der Waals surface area contributed by atoms with Gasteiger partial charge in [-0.2, -0.15) is 8.42 Å². The maximum atomic E-state index is 11.3. The number of benzene rings is 1.